The number of rotatable bonds is 1. The van der Waals surface area contributed by atoms with Gasteiger partial charge in [0.05, 0.1) is 5.52 Å². The third-order valence-electron chi connectivity index (χ3n) is 2.22. The molecule has 0 saturated carbocycles. The maximum Gasteiger partial charge on any atom is 0.135 e. The number of fused-ring (bicyclic) bond motifs is 1. The monoisotopic (exact) mass is 265 g/mol. The fraction of sp³-hybridized carbons (Fsp3) is 0.273. The van der Waals surface area contributed by atoms with Crippen LogP contribution in [0.1, 0.15) is 25.6 Å². The smallest absolute Gasteiger partial charge is 0.135 e. The van der Waals surface area contributed by atoms with E-state index in [0.29, 0.717) is 11.7 Å². The molecule has 1 aromatic heterocycles. The number of halogens is 1. The third kappa shape index (κ3) is 1.95. The van der Waals surface area contributed by atoms with Gasteiger partial charge in [0.2, 0.25) is 0 Å². The van der Waals surface area contributed by atoms with Crippen molar-refractivity contribution >= 4 is 32.7 Å². The average Bonchev–Trinajstić information content (AvgIpc) is 2.18. The number of nitrogens with zero attached hydrogens (tertiary/aromatic N) is 2. The standard InChI is InChI=1S/C11H12BrN3/c1-6(2)11-14-9-4-3-7(12)5-8(9)10(13)15-11/h3-6H,1-2H3,(H2,13,14,15). The summed E-state index contributed by atoms with van der Waals surface area (Å²) in [6, 6.07) is 5.84. The molecule has 0 amide bonds. The van der Waals surface area contributed by atoms with Gasteiger partial charge in [-0.15, -0.1) is 0 Å². The summed E-state index contributed by atoms with van der Waals surface area (Å²) in [5.74, 6) is 1.63. The molecule has 2 aromatic rings. The lowest BCUT2D eigenvalue weighted by Gasteiger charge is -2.07. The van der Waals surface area contributed by atoms with E-state index < -0.39 is 0 Å². The highest BCUT2D eigenvalue weighted by atomic mass is 79.9. The van der Waals surface area contributed by atoms with Crippen LogP contribution in [-0.2, 0) is 0 Å². The van der Waals surface area contributed by atoms with Crippen LogP contribution in [0.2, 0.25) is 0 Å². The van der Waals surface area contributed by atoms with E-state index in [1.54, 1.807) is 0 Å². The molecule has 1 aromatic carbocycles. The SMILES string of the molecule is CC(C)c1nc(N)c2cc(Br)ccc2n1. The van der Waals surface area contributed by atoms with Crippen LogP contribution in [0.25, 0.3) is 10.9 Å². The molecular weight excluding hydrogens is 254 g/mol. The number of aromatic nitrogens is 2. The van der Waals surface area contributed by atoms with Crippen molar-refractivity contribution in [2.24, 2.45) is 0 Å². The van der Waals surface area contributed by atoms with Crippen LogP contribution in [0.4, 0.5) is 5.82 Å². The summed E-state index contributed by atoms with van der Waals surface area (Å²) >= 11 is 3.40. The highest BCUT2D eigenvalue weighted by molar-refractivity contribution is 9.10. The number of anilines is 1. The third-order valence-corrected chi connectivity index (χ3v) is 2.71. The maximum atomic E-state index is 5.89. The minimum atomic E-state index is 0.292. The largest absolute Gasteiger partial charge is 0.383 e. The number of nitrogen functional groups attached to an aromatic ring is 1. The predicted molar refractivity (Wildman–Crippen MR) is 65.7 cm³/mol. The van der Waals surface area contributed by atoms with Crippen molar-refractivity contribution in [1.82, 2.24) is 9.97 Å². The molecule has 0 aliphatic rings. The molecule has 3 nitrogen and oxygen atoms in total. The van der Waals surface area contributed by atoms with Gasteiger partial charge in [-0.25, -0.2) is 9.97 Å². The topological polar surface area (TPSA) is 51.8 Å². The minimum absolute atomic E-state index is 0.292. The van der Waals surface area contributed by atoms with E-state index in [1.807, 2.05) is 18.2 Å². The molecule has 15 heavy (non-hydrogen) atoms. The van der Waals surface area contributed by atoms with E-state index in [2.05, 4.69) is 39.7 Å². The normalized spacial score (nSPS) is 11.2. The van der Waals surface area contributed by atoms with E-state index in [1.165, 1.54) is 0 Å². The fourth-order valence-corrected chi connectivity index (χ4v) is 1.76. The van der Waals surface area contributed by atoms with Crippen molar-refractivity contribution in [1.29, 1.82) is 0 Å². The molecule has 0 bridgehead atoms. The lowest BCUT2D eigenvalue weighted by atomic mass is 10.2. The summed E-state index contributed by atoms with van der Waals surface area (Å²) in [7, 11) is 0. The second-order valence-electron chi connectivity index (χ2n) is 3.78. The first-order valence-electron chi connectivity index (χ1n) is 4.80. The lowest BCUT2D eigenvalue weighted by Crippen LogP contribution is -2.02. The second kappa shape index (κ2) is 3.77. The lowest BCUT2D eigenvalue weighted by molar-refractivity contribution is 0.785. The van der Waals surface area contributed by atoms with Crippen LogP contribution >= 0.6 is 15.9 Å². The summed E-state index contributed by atoms with van der Waals surface area (Å²) in [4.78, 5) is 8.75. The van der Waals surface area contributed by atoms with Gasteiger partial charge in [0.1, 0.15) is 11.6 Å². The van der Waals surface area contributed by atoms with Gasteiger partial charge in [0, 0.05) is 15.8 Å². The molecule has 2 rings (SSSR count). The van der Waals surface area contributed by atoms with E-state index in [-0.39, 0.29) is 0 Å². The molecule has 4 heteroatoms. The highest BCUT2D eigenvalue weighted by Gasteiger charge is 2.08. The molecule has 0 saturated heterocycles. The van der Waals surface area contributed by atoms with Crippen molar-refractivity contribution in [2.45, 2.75) is 19.8 Å². The Balaban J connectivity index is 2.73. The first-order chi connectivity index (χ1) is 7.08. The summed E-state index contributed by atoms with van der Waals surface area (Å²) in [5, 5.41) is 0.897. The molecule has 0 atom stereocenters. The number of nitrogens with two attached hydrogens (primary N) is 1. The summed E-state index contributed by atoms with van der Waals surface area (Å²) < 4.78 is 0.989. The van der Waals surface area contributed by atoms with Gasteiger partial charge < -0.3 is 5.73 Å². The van der Waals surface area contributed by atoms with E-state index in [9.17, 15) is 0 Å². The Morgan fingerprint density at radius 2 is 2.00 bits per heavy atom. The first kappa shape index (κ1) is 10.4. The van der Waals surface area contributed by atoms with Crippen molar-refractivity contribution in [2.75, 3.05) is 5.73 Å². The zero-order chi connectivity index (χ0) is 11.0. The second-order valence-corrected chi connectivity index (χ2v) is 4.70. The molecule has 0 spiro atoms. The van der Waals surface area contributed by atoms with Gasteiger partial charge in [-0.2, -0.15) is 0 Å². The van der Waals surface area contributed by atoms with Crippen molar-refractivity contribution < 1.29 is 0 Å². The quantitative estimate of drug-likeness (QED) is 0.862. The van der Waals surface area contributed by atoms with Crippen LogP contribution in [0.3, 0.4) is 0 Å². The number of hydrogen-bond acceptors (Lipinski definition) is 3. The van der Waals surface area contributed by atoms with Crippen LogP contribution in [0.5, 0.6) is 0 Å². The van der Waals surface area contributed by atoms with E-state index >= 15 is 0 Å². The summed E-state index contributed by atoms with van der Waals surface area (Å²) in [6.07, 6.45) is 0. The molecule has 2 N–H and O–H groups in total. The van der Waals surface area contributed by atoms with Crippen LogP contribution in [0, 0.1) is 0 Å². The van der Waals surface area contributed by atoms with Gasteiger partial charge in [0.15, 0.2) is 0 Å². The molecule has 0 fully saturated rings. The van der Waals surface area contributed by atoms with Crippen LogP contribution < -0.4 is 5.73 Å². The van der Waals surface area contributed by atoms with Crippen molar-refractivity contribution in [3.63, 3.8) is 0 Å². The van der Waals surface area contributed by atoms with E-state index in [0.717, 1.165) is 21.2 Å². The minimum Gasteiger partial charge on any atom is -0.383 e. The molecule has 0 unspecified atom stereocenters. The first-order valence-corrected chi connectivity index (χ1v) is 5.60. The molecule has 78 valence electrons. The zero-order valence-electron chi connectivity index (χ0n) is 8.66. The van der Waals surface area contributed by atoms with Crippen LogP contribution in [-0.4, -0.2) is 9.97 Å². The van der Waals surface area contributed by atoms with Gasteiger partial charge in [0.25, 0.3) is 0 Å². The average molecular weight is 266 g/mol. The Morgan fingerprint density at radius 3 is 2.67 bits per heavy atom. The Kier molecular flexibility index (Phi) is 2.61. The molecule has 0 radical (unpaired) electrons. The highest BCUT2D eigenvalue weighted by Crippen LogP contribution is 2.24. The Bertz CT molecular complexity index is 508. The maximum absolute atomic E-state index is 5.89. The number of hydrogen-bond donors (Lipinski definition) is 1. The van der Waals surface area contributed by atoms with Crippen molar-refractivity contribution in [3.8, 4) is 0 Å². The Labute approximate surface area is 96.9 Å². The Morgan fingerprint density at radius 1 is 1.27 bits per heavy atom. The molecule has 0 aliphatic carbocycles. The number of benzene rings is 1. The van der Waals surface area contributed by atoms with Gasteiger partial charge in [-0.05, 0) is 18.2 Å². The van der Waals surface area contributed by atoms with Crippen LogP contribution in [0.15, 0.2) is 22.7 Å². The summed E-state index contributed by atoms with van der Waals surface area (Å²) in [6.45, 7) is 4.11. The summed E-state index contributed by atoms with van der Waals surface area (Å²) in [5.41, 5.74) is 6.79. The van der Waals surface area contributed by atoms with Crippen molar-refractivity contribution in [3.05, 3.63) is 28.5 Å². The zero-order valence-corrected chi connectivity index (χ0v) is 10.2. The van der Waals surface area contributed by atoms with Gasteiger partial charge in [-0.3, -0.25) is 0 Å². The predicted octanol–water partition coefficient (Wildman–Crippen LogP) is 3.10. The van der Waals surface area contributed by atoms with Gasteiger partial charge >= 0.3 is 0 Å². The fourth-order valence-electron chi connectivity index (χ4n) is 1.40. The Hall–Kier alpha value is -1.16. The molecular formula is C11H12BrN3. The van der Waals surface area contributed by atoms with Gasteiger partial charge in [-0.1, -0.05) is 29.8 Å². The molecule has 0 aliphatic heterocycles. The van der Waals surface area contributed by atoms with E-state index in [4.69, 9.17) is 5.73 Å². The molecule has 1 heterocycles.